The summed E-state index contributed by atoms with van der Waals surface area (Å²) < 4.78 is 26.5. The van der Waals surface area contributed by atoms with Gasteiger partial charge < -0.3 is 10.6 Å². The number of carbonyl (C=O) groups is 4. The van der Waals surface area contributed by atoms with Gasteiger partial charge >= 0.3 is 0 Å². The zero-order valence-corrected chi connectivity index (χ0v) is 18.2. The second-order valence-electron chi connectivity index (χ2n) is 8.06. The summed E-state index contributed by atoms with van der Waals surface area (Å²) in [4.78, 5) is 49.9. The number of piperidine rings is 1. The van der Waals surface area contributed by atoms with E-state index >= 15 is 0 Å². The minimum Gasteiger partial charge on any atom is -0.385 e. The Hall–Kier alpha value is -2.83. The van der Waals surface area contributed by atoms with Crippen LogP contribution >= 0.6 is 0 Å². The number of amides is 4. The normalized spacial score (nSPS) is 21.4. The third-order valence-electron chi connectivity index (χ3n) is 5.86. The van der Waals surface area contributed by atoms with E-state index in [1.165, 1.54) is 0 Å². The average Bonchev–Trinajstić information content (AvgIpc) is 2.93. The number of hydrogen-bond donors (Lipinski definition) is 4. The Bertz CT molecular complexity index is 1070. The van der Waals surface area contributed by atoms with Crippen LogP contribution in [-0.4, -0.2) is 74.4 Å². The van der Waals surface area contributed by atoms with Crippen molar-refractivity contribution in [2.24, 2.45) is 0 Å². The Morgan fingerprint density at radius 1 is 1.00 bits per heavy atom. The lowest BCUT2D eigenvalue weighted by molar-refractivity contribution is -0.136. The molecule has 0 aliphatic carbocycles. The number of rotatable bonds is 9. The van der Waals surface area contributed by atoms with Crippen LogP contribution in [0.25, 0.3) is 0 Å². The van der Waals surface area contributed by atoms with Gasteiger partial charge in [0, 0.05) is 38.3 Å². The summed E-state index contributed by atoms with van der Waals surface area (Å²) in [7, 11) is -3.26. The largest absolute Gasteiger partial charge is 0.385 e. The molecule has 2 fully saturated rings. The van der Waals surface area contributed by atoms with Gasteiger partial charge in [-0.2, -0.15) is 0 Å². The minimum absolute atomic E-state index is 0.0737. The van der Waals surface area contributed by atoms with Crippen LogP contribution in [0, 0.1) is 0 Å². The molecular formula is C20H25N5O6S. The zero-order chi connectivity index (χ0) is 22.9. The molecule has 1 aromatic rings. The second-order valence-corrected chi connectivity index (χ2v) is 10.1. The van der Waals surface area contributed by atoms with E-state index in [-0.39, 0.29) is 29.2 Å². The maximum Gasteiger partial charge on any atom is 0.262 e. The molecule has 1 aromatic carbocycles. The molecule has 32 heavy (non-hydrogen) atoms. The summed E-state index contributed by atoms with van der Waals surface area (Å²) in [5.74, 6) is -2.15. The summed E-state index contributed by atoms with van der Waals surface area (Å²) >= 11 is 0. The van der Waals surface area contributed by atoms with Crippen molar-refractivity contribution in [1.82, 2.24) is 20.3 Å². The number of imide groups is 2. The summed E-state index contributed by atoms with van der Waals surface area (Å²) in [6, 6.07) is 3.82. The van der Waals surface area contributed by atoms with Gasteiger partial charge in [0.15, 0.2) is 0 Å². The predicted octanol–water partition coefficient (Wildman–Crippen LogP) is -0.829. The number of nitrogens with zero attached hydrogens (tertiary/aromatic N) is 1. The highest BCUT2D eigenvalue weighted by Crippen LogP contribution is 2.29. The summed E-state index contributed by atoms with van der Waals surface area (Å²) in [5.41, 5.74) is 1.09. The zero-order valence-electron chi connectivity index (χ0n) is 17.3. The van der Waals surface area contributed by atoms with E-state index in [1.807, 2.05) is 0 Å². The molecule has 1 unspecified atom stereocenters. The maximum atomic E-state index is 12.8. The molecule has 4 amide bonds. The van der Waals surface area contributed by atoms with Gasteiger partial charge in [0.1, 0.15) is 11.3 Å². The fraction of sp³-hybridized carbons (Fsp3) is 0.500. The number of hydrogen-bond acceptors (Lipinski definition) is 8. The molecule has 1 atom stereocenters. The molecular weight excluding hydrogens is 438 g/mol. The number of anilines is 1. The predicted molar refractivity (Wildman–Crippen MR) is 114 cm³/mol. The van der Waals surface area contributed by atoms with Crippen molar-refractivity contribution in [2.75, 3.05) is 31.5 Å². The number of fused-ring (bicyclic) bond motifs is 1. The Labute approximate surface area is 185 Å². The topological polar surface area (TPSA) is 154 Å². The van der Waals surface area contributed by atoms with E-state index in [1.54, 1.807) is 18.2 Å². The van der Waals surface area contributed by atoms with Crippen molar-refractivity contribution >= 4 is 39.3 Å². The molecule has 11 nitrogen and oxygen atoms in total. The lowest BCUT2D eigenvalue weighted by Crippen LogP contribution is -2.55. The van der Waals surface area contributed by atoms with Crippen LogP contribution in [0.5, 0.6) is 0 Å². The van der Waals surface area contributed by atoms with Crippen molar-refractivity contribution < 1.29 is 27.6 Å². The first kappa shape index (κ1) is 22.4. The van der Waals surface area contributed by atoms with E-state index in [9.17, 15) is 27.6 Å². The number of sulfonamides is 1. The Morgan fingerprint density at radius 2 is 1.72 bits per heavy atom. The molecule has 4 rings (SSSR count). The molecule has 0 saturated carbocycles. The molecule has 3 aliphatic heterocycles. The number of benzene rings is 1. The monoisotopic (exact) mass is 463 g/mol. The highest BCUT2D eigenvalue weighted by atomic mass is 32.2. The summed E-state index contributed by atoms with van der Waals surface area (Å²) in [6.07, 6.45) is 1.54. The molecule has 4 N–H and O–H groups in total. The highest BCUT2D eigenvalue weighted by Gasteiger charge is 2.44. The van der Waals surface area contributed by atoms with Gasteiger partial charge in [-0.1, -0.05) is 0 Å². The minimum atomic E-state index is -3.26. The van der Waals surface area contributed by atoms with E-state index in [0.29, 0.717) is 44.7 Å². The van der Waals surface area contributed by atoms with Crippen LogP contribution in [0.15, 0.2) is 18.2 Å². The molecule has 0 aromatic heterocycles. The number of unbranched alkanes of at least 4 members (excludes halogenated alkanes) is 1. The molecule has 2 saturated heterocycles. The van der Waals surface area contributed by atoms with Crippen molar-refractivity contribution in [3.05, 3.63) is 29.3 Å². The number of nitrogens with one attached hydrogen (secondary N) is 4. The van der Waals surface area contributed by atoms with Gasteiger partial charge in [-0.3, -0.25) is 29.4 Å². The smallest absolute Gasteiger partial charge is 0.262 e. The first-order valence-corrected chi connectivity index (χ1v) is 12.1. The lowest BCUT2D eigenvalue weighted by atomic mass is 10.0. The van der Waals surface area contributed by atoms with Gasteiger partial charge in [0.25, 0.3) is 11.8 Å². The van der Waals surface area contributed by atoms with Gasteiger partial charge in [-0.05, 0) is 37.5 Å². The van der Waals surface area contributed by atoms with Crippen LogP contribution < -0.4 is 20.7 Å². The van der Waals surface area contributed by atoms with E-state index in [0.717, 1.165) is 4.90 Å². The SMILES string of the molecule is O=C1CCC(N2C(=O)c3ccc(NCCCCNS(=O)(=O)C4CNC4)cc3C2=O)C(=O)N1. The highest BCUT2D eigenvalue weighted by molar-refractivity contribution is 7.90. The van der Waals surface area contributed by atoms with Crippen LogP contribution in [0.2, 0.25) is 0 Å². The average molecular weight is 464 g/mol. The van der Waals surface area contributed by atoms with Gasteiger partial charge in [0.2, 0.25) is 21.8 Å². The second kappa shape index (κ2) is 8.96. The molecule has 172 valence electrons. The third kappa shape index (κ3) is 4.38. The van der Waals surface area contributed by atoms with Crippen molar-refractivity contribution in [3.8, 4) is 0 Å². The number of carbonyl (C=O) groups excluding carboxylic acids is 4. The maximum absolute atomic E-state index is 12.8. The Kier molecular flexibility index (Phi) is 6.26. The molecule has 0 bridgehead atoms. The van der Waals surface area contributed by atoms with Crippen molar-refractivity contribution in [1.29, 1.82) is 0 Å². The fourth-order valence-electron chi connectivity index (χ4n) is 3.88. The van der Waals surface area contributed by atoms with Gasteiger partial charge in [0.05, 0.1) is 11.1 Å². The fourth-order valence-corrected chi connectivity index (χ4v) is 5.22. The standard InChI is InChI=1S/C20H25N5O6S/c26-17-6-5-16(18(27)24-17)25-19(28)14-4-3-12(9-15(14)20(25)29)22-7-1-2-8-23-32(30,31)13-10-21-11-13/h3-4,9,13,16,21-23H,1-2,5-8,10-11H2,(H,24,26,27). The third-order valence-corrected chi connectivity index (χ3v) is 7.68. The van der Waals surface area contributed by atoms with E-state index < -0.39 is 39.7 Å². The van der Waals surface area contributed by atoms with E-state index in [2.05, 4.69) is 20.7 Å². The summed E-state index contributed by atoms with van der Waals surface area (Å²) in [5, 5.41) is 7.92. The van der Waals surface area contributed by atoms with Crippen molar-refractivity contribution in [3.63, 3.8) is 0 Å². The molecule has 12 heteroatoms. The first-order chi connectivity index (χ1) is 15.3. The van der Waals surface area contributed by atoms with Crippen LogP contribution in [0.4, 0.5) is 5.69 Å². The van der Waals surface area contributed by atoms with Crippen LogP contribution in [0.1, 0.15) is 46.4 Å². The summed E-state index contributed by atoms with van der Waals surface area (Å²) in [6.45, 7) is 1.89. The first-order valence-electron chi connectivity index (χ1n) is 10.6. The quantitative estimate of drug-likeness (QED) is 0.273. The van der Waals surface area contributed by atoms with E-state index in [4.69, 9.17) is 0 Å². The van der Waals surface area contributed by atoms with Crippen LogP contribution in [-0.2, 0) is 19.6 Å². The van der Waals surface area contributed by atoms with Crippen molar-refractivity contribution in [2.45, 2.75) is 37.0 Å². The van der Waals surface area contributed by atoms with Gasteiger partial charge in [-0.15, -0.1) is 0 Å². The Balaban J connectivity index is 1.29. The van der Waals surface area contributed by atoms with Gasteiger partial charge in [-0.25, -0.2) is 13.1 Å². The van der Waals surface area contributed by atoms with Crippen LogP contribution in [0.3, 0.4) is 0 Å². The molecule has 0 spiro atoms. The lowest BCUT2D eigenvalue weighted by Gasteiger charge is -2.27. The molecule has 3 heterocycles. The Morgan fingerprint density at radius 3 is 2.41 bits per heavy atom. The molecule has 0 radical (unpaired) electrons. The molecule has 3 aliphatic rings.